The lowest BCUT2D eigenvalue weighted by atomic mass is 10.0. The lowest BCUT2D eigenvalue weighted by Crippen LogP contribution is -2.53. The molecule has 1 fully saturated rings. The van der Waals surface area contributed by atoms with Crippen molar-refractivity contribution >= 4 is 28.7 Å². The van der Waals surface area contributed by atoms with Gasteiger partial charge in [-0.15, -0.1) is 0 Å². The van der Waals surface area contributed by atoms with Gasteiger partial charge >= 0.3 is 0 Å². The van der Waals surface area contributed by atoms with E-state index in [-0.39, 0.29) is 17.6 Å². The van der Waals surface area contributed by atoms with Crippen molar-refractivity contribution in [2.45, 2.75) is 43.4 Å². The molecule has 1 aromatic heterocycles. The third kappa shape index (κ3) is 4.08. The molecule has 0 aliphatic carbocycles. The highest BCUT2D eigenvalue weighted by molar-refractivity contribution is 7.98. The number of carbonyl (C=O) groups excluding carboxylic acids is 1. The second-order valence-electron chi connectivity index (χ2n) is 7.88. The molecule has 1 aliphatic heterocycles. The summed E-state index contributed by atoms with van der Waals surface area (Å²) in [4.78, 5) is 23.1. The fraction of sp³-hybridized carbons (Fsp3) is 0.364. The quantitative estimate of drug-likeness (QED) is 0.661. The van der Waals surface area contributed by atoms with Gasteiger partial charge in [0.25, 0.3) is 5.91 Å². The Balaban J connectivity index is 1.52. The van der Waals surface area contributed by atoms with Gasteiger partial charge in [-0.1, -0.05) is 42.1 Å². The van der Waals surface area contributed by atoms with Gasteiger partial charge < -0.3 is 14.6 Å². The van der Waals surface area contributed by atoms with Crippen LogP contribution >= 0.6 is 11.8 Å². The topological polar surface area (TPSA) is 58.2 Å². The molecule has 3 aromatic rings. The Morgan fingerprint density at radius 1 is 1.25 bits per heavy atom. The summed E-state index contributed by atoms with van der Waals surface area (Å²) in [6.45, 7) is 7.30. The van der Waals surface area contributed by atoms with Crippen LogP contribution < -0.4 is 0 Å². The van der Waals surface area contributed by atoms with E-state index in [2.05, 4.69) is 9.97 Å². The summed E-state index contributed by atoms with van der Waals surface area (Å²) in [5.74, 6) is 0.759. The number of amides is 1. The van der Waals surface area contributed by atoms with Crippen LogP contribution in [0.15, 0.2) is 53.7 Å². The van der Waals surface area contributed by atoms with E-state index in [0.717, 1.165) is 27.3 Å². The molecule has 5 nitrogen and oxygen atoms in total. The van der Waals surface area contributed by atoms with Gasteiger partial charge in [0.1, 0.15) is 0 Å². The molecule has 2 aromatic carbocycles. The number of hydrogen-bond acceptors (Lipinski definition) is 4. The fourth-order valence-electron chi connectivity index (χ4n) is 3.78. The van der Waals surface area contributed by atoms with Crippen molar-refractivity contribution in [2.75, 3.05) is 13.1 Å². The Kier molecular flexibility index (Phi) is 5.17. The number of fused-ring (bicyclic) bond motifs is 1. The van der Waals surface area contributed by atoms with E-state index in [1.807, 2.05) is 74.2 Å². The van der Waals surface area contributed by atoms with Crippen LogP contribution in [-0.2, 0) is 10.5 Å². The van der Waals surface area contributed by atoms with Crippen LogP contribution in [0.5, 0.6) is 0 Å². The van der Waals surface area contributed by atoms with E-state index in [0.29, 0.717) is 18.8 Å². The first-order chi connectivity index (χ1) is 13.4. The number of nitrogens with zero attached hydrogens (tertiary/aromatic N) is 2. The van der Waals surface area contributed by atoms with Crippen molar-refractivity contribution in [3.63, 3.8) is 0 Å². The van der Waals surface area contributed by atoms with Gasteiger partial charge in [0.05, 0.1) is 22.7 Å². The highest BCUT2D eigenvalue weighted by Gasteiger charge is 2.34. The van der Waals surface area contributed by atoms with Crippen LogP contribution in [0.1, 0.15) is 36.7 Å². The number of aromatic nitrogens is 2. The summed E-state index contributed by atoms with van der Waals surface area (Å²) in [5, 5.41) is 0.865. The molecule has 28 heavy (non-hydrogen) atoms. The van der Waals surface area contributed by atoms with Crippen LogP contribution in [0, 0.1) is 0 Å². The summed E-state index contributed by atoms with van der Waals surface area (Å²) in [6.07, 6.45) is 0.0322. The molecule has 0 bridgehead atoms. The number of hydrogen-bond donors (Lipinski definition) is 1. The maximum atomic E-state index is 13.2. The first-order valence-electron chi connectivity index (χ1n) is 9.54. The van der Waals surface area contributed by atoms with Crippen molar-refractivity contribution < 1.29 is 9.53 Å². The first-order valence-corrected chi connectivity index (χ1v) is 10.5. The molecular formula is C22H25N3O2S. The summed E-state index contributed by atoms with van der Waals surface area (Å²) < 4.78 is 5.94. The van der Waals surface area contributed by atoms with Crippen LogP contribution in [0.2, 0.25) is 0 Å². The third-order valence-electron chi connectivity index (χ3n) is 4.84. The van der Waals surface area contributed by atoms with Crippen LogP contribution in [0.3, 0.4) is 0 Å². The molecule has 146 valence electrons. The highest BCUT2D eigenvalue weighted by atomic mass is 32.2. The van der Waals surface area contributed by atoms with Gasteiger partial charge in [-0.25, -0.2) is 4.98 Å². The predicted molar refractivity (Wildman–Crippen MR) is 113 cm³/mol. The minimum Gasteiger partial charge on any atom is -0.369 e. The Morgan fingerprint density at radius 2 is 2.00 bits per heavy atom. The van der Waals surface area contributed by atoms with Crippen LogP contribution in [0.25, 0.3) is 11.0 Å². The number of rotatable bonds is 4. The largest absolute Gasteiger partial charge is 0.369 e. The number of aromatic amines is 1. The van der Waals surface area contributed by atoms with E-state index in [9.17, 15) is 4.79 Å². The summed E-state index contributed by atoms with van der Waals surface area (Å²) in [5.41, 5.74) is 3.44. The predicted octanol–water partition coefficient (Wildman–Crippen LogP) is 4.49. The average molecular weight is 396 g/mol. The maximum absolute atomic E-state index is 13.2. The lowest BCUT2D eigenvalue weighted by molar-refractivity contribution is -0.118. The van der Waals surface area contributed by atoms with Crippen LogP contribution in [-0.4, -0.2) is 45.6 Å². The number of carbonyl (C=O) groups is 1. The molecule has 4 rings (SSSR count). The van der Waals surface area contributed by atoms with Gasteiger partial charge in [0.15, 0.2) is 5.16 Å². The number of nitrogens with one attached hydrogen (secondary N) is 1. The van der Waals surface area contributed by atoms with E-state index >= 15 is 0 Å². The van der Waals surface area contributed by atoms with Crippen molar-refractivity contribution in [1.82, 2.24) is 14.9 Å². The number of H-pyrrole nitrogens is 1. The molecule has 0 radical (unpaired) electrons. The number of thioether (sulfide) groups is 1. The second kappa shape index (κ2) is 7.60. The molecular weight excluding hydrogens is 370 g/mol. The van der Waals surface area contributed by atoms with Gasteiger partial charge in [0, 0.05) is 24.4 Å². The average Bonchev–Trinajstić information content (AvgIpc) is 3.07. The zero-order valence-electron chi connectivity index (χ0n) is 16.4. The Labute approximate surface area is 169 Å². The SMILES string of the molecule is CC1CN(C(=O)c2ccccc2CSc2nc3ccccc3[nH]2)CC(C)(C)O1. The molecule has 1 unspecified atom stereocenters. The first kappa shape index (κ1) is 19.0. The molecule has 0 saturated carbocycles. The maximum Gasteiger partial charge on any atom is 0.254 e. The zero-order chi connectivity index (χ0) is 19.7. The van der Waals surface area contributed by atoms with Gasteiger partial charge in [-0.05, 0) is 44.5 Å². The standard InChI is InChI=1S/C22H25N3O2S/c1-15-12-25(14-22(2,3)27-15)20(26)17-9-5-4-8-16(17)13-28-21-23-18-10-6-7-11-19(18)24-21/h4-11,15H,12-14H2,1-3H3,(H,23,24). The van der Waals surface area contributed by atoms with Crippen molar-refractivity contribution in [1.29, 1.82) is 0 Å². The number of ether oxygens (including phenoxy) is 1. The molecule has 1 aliphatic rings. The second-order valence-corrected chi connectivity index (χ2v) is 8.84. The van der Waals surface area contributed by atoms with Gasteiger partial charge in [0.2, 0.25) is 0 Å². The fourth-order valence-corrected chi connectivity index (χ4v) is 4.67. The number of morpholine rings is 1. The van der Waals surface area contributed by atoms with Gasteiger partial charge in [-0.3, -0.25) is 4.79 Å². The van der Waals surface area contributed by atoms with Crippen LogP contribution in [0.4, 0.5) is 0 Å². The number of benzene rings is 2. The zero-order valence-corrected chi connectivity index (χ0v) is 17.3. The molecule has 1 amide bonds. The monoisotopic (exact) mass is 395 g/mol. The Hall–Kier alpha value is -2.31. The van der Waals surface area contributed by atoms with Crippen molar-refractivity contribution in [3.05, 3.63) is 59.7 Å². The van der Waals surface area contributed by atoms with E-state index in [1.165, 1.54) is 0 Å². The smallest absolute Gasteiger partial charge is 0.254 e. The van der Waals surface area contributed by atoms with Gasteiger partial charge in [-0.2, -0.15) is 0 Å². The molecule has 0 spiro atoms. The third-order valence-corrected chi connectivity index (χ3v) is 5.76. The molecule has 2 heterocycles. The minimum absolute atomic E-state index is 0.0322. The molecule has 6 heteroatoms. The summed E-state index contributed by atoms with van der Waals surface area (Å²) in [6, 6.07) is 15.8. The molecule has 1 N–H and O–H groups in total. The Bertz CT molecular complexity index is 965. The number of para-hydroxylation sites is 2. The van der Waals surface area contributed by atoms with E-state index < -0.39 is 0 Å². The highest BCUT2D eigenvalue weighted by Crippen LogP contribution is 2.27. The molecule has 1 atom stereocenters. The number of imidazole rings is 1. The lowest BCUT2D eigenvalue weighted by Gasteiger charge is -2.41. The van der Waals surface area contributed by atoms with Crippen molar-refractivity contribution in [3.8, 4) is 0 Å². The summed E-state index contributed by atoms with van der Waals surface area (Å²) in [7, 11) is 0. The van der Waals surface area contributed by atoms with E-state index in [1.54, 1.807) is 11.8 Å². The summed E-state index contributed by atoms with van der Waals surface area (Å²) >= 11 is 1.62. The molecule has 1 saturated heterocycles. The Morgan fingerprint density at radius 3 is 2.79 bits per heavy atom. The normalized spacial score (nSPS) is 19.1. The minimum atomic E-state index is -0.328. The van der Waals surface area contributed by atoms with Crippen molar-refractivity contribution in [2.24, 2.45) is 0 Å². The van der Waals surface area contributed by atoms with E-state index in [4.69, 9.17) is 4.74 Å².